The minimum absolute atomic E-state index is 0.0216. The summed E-state index contributed by atoms with van der Waals surface area (Å²) in [6, 6.07) is 27.8. The summed E-state index contributed by atoms with van der Waals surface area (Å²) in [5, 5.41) is 7.90. The fourth-order valence-electron chi connectivity index (χ4n) is 6.07. The number of rotatable bonds is 23. The number of ether oxygens (including phenoxy) is 1. The molecule has 0 aliphatic heterocycles. The summed E-state index contributed by atoms with van der Waals surface area (Å²) in [5.41, 5.74) is 9.79. The van der Waals surface area contributed by atoms with Crippen molar-refractivity contribution in [1.29, 1.82) is 0 Å². The van der Waals surface area contributed by atoms with Crippen LogP contribution in [0.15, 0.2) is 119 Å². The second-order valence-corrected chi connectivity index (χ2v) is 18.3. The van der Waals surface area contributed by atoms with Crippen molar-refractivity contribution in [3.8, 4) is 0 Å². The van der Waals surface area contributed by atoms with Crippen molar-refractivity contribution in [3.05, 3.63) is 131 Å². The molecule has 6 N–H and O–H groups in total. The van der Waals surface area contributed by atoms with Gasteiger partial charge in [-0.3, -0.25) is 9.59 Å². The predicted molar refractivity (Wildman–Crippen MR) is 224 cm³/mol. The summed E-state index contributed by atoms with van der Waals surface area (Å²) in [5.74, 6) is -1.87. The molecule has 0 aromatic heterocycles. The third-order valence-corrected chi connectivity index (χ3v) is 13.3. The molecule has 0 radical (unpaired) electrons. The highest BCUT2D eigenvalue weighted by molar-refractivity contribution is 7.93. The normalized spacial score (nSPS) is 13.6. The van der Waals surface area contributed by atoms with Crippen molar-refractivity contribution >= 4 is 44.1 Å². The number of nitrogens with one attached hydrogen (secondary N) is 4. The van der Waals surface area contributed by atoms with Crippen LogP contribution in [0.4, 0.5) is 4.79 Å². The van der Waals surface area contributed by atoms with E-state index in [0.29, 0.717) is 24.7 Å². The summed E-state index contributed by atoms with van der Waals surface area (Å²) in [7, 11) is -8.44. The monoisotopic (exact) mass is 847 g/mol. The lowest BCUT2D eigenvalue weighted by Crippen LogP contribution is -2.63. The van der Waals surface area contributed by atoms with E-state index in [-0.39, 0.29) is 55.2 Å². The molecule has 14 nitrogen and oxygen atoms in total. The topological polar surface area (TPSA) is 220 Å². The van der Waals surface area contributed by atoms with E-state index < -0.39 is 61.1 Å². The molecule has 16 heteroatoms. The zero-order chi connectivity index (χ0) is 42.9. The second kappa shape index (κ2) is 22.1. The molecule has 0 heterocycles. The van der Waals surface area contributed by atoms with Crippen molar-refractivity contribution in [3.63, 3.8) is 0 Å². The van der Waals surface area contributed by atoms with Gasteiger partial charge < -0.3 is 31.2 Å². The number of amides is 3. The van der Waals surface area contributed by atoms with Crippen LogP contribution in [0.5, 0.6) is 0 Å². The van der Waals surface area contributed by atoms with Crippen LogP contribution in [-0.2, 0) is 52.0 Å². The van der Waals surface area contributed by atoms with Crippen molar-refractivity contribution < 1.29 is 40.8 Å². The molecule has 0 bridgehead atoms. The van der Waals surface area contributed by atoms with E-state index in [4.69, 9.17) is 10.5 Å². The Hall–Kier alpha value is -5.42. The number of hydrogen-bond donors (Lipinski definition) is 5. The first-order valence-electron chi connectivity index (χ1n) is 19.4. The van der Waals surface area contributed by atoms with E-state index in [0.717, 1.165) is 16.7 Å². The van der Waals surface area contributed by atoms with E-state index in [1.165, 1.54) is 24.3 Å². The first-order chi connectivity index (χ1) is 28.1. The molecule has 3 atom stereocenters. The van der Waals surface area contributed by atoms with Crippen LogP contribution in [0.1, 0.15) is 60.8 Å². The van der Waals surface area contributed by atoms with Gasteiger partial charge in [-0.1, -0.05) is 96.1 Å². The summed E-state index contributed by atoms with van der Waals surface area (Å²) < 4.78 is 61.8. The number of nitrogens with two attached hydrogens (primary N) is 1. The van der Waals surface area contributed by atoms with Gasteiger partial charge in [0.2, 0.25) is 30.6 Å². The largest absolute Gasteiger partial charge is 0.445 e. The number of carbonyl (C=O) groups is 4. The molecule has 4 rings (SSSR count). The van der Waals surface area contributed by atoms with Gasteiger partial charge in [-0.25, -0.2) is 26.4 Å². The van der Waals surface area contributed by atoms with Crippen molar-refractivity contribution in [2.45, 2.75) is 92.1 Å². The number of hydrogen-bond acceptors (Lipinski definition) is 10. The number of aldehydes is 1. The maximum atomic E-state index is 14.3. The number of carbonyl (C=O) groups excluding carboxylic acids is 4. The summed E-state index contributed by atoms with van der Waals surface area (Å²) in [4.78, 5) is 49.5. The number of benzene rings is 4. The molecule has 0 fully saturated rings. The zero-order valence-electron chi connectivity index (χ0n) is 33.3. The molecule has 0 saturated carbocycles. The molecule has 0 aliphatic carbocycles. The number of unbranched alkanes of at least 4 members (excludes halogenated alkanes) is 2. The van der Waals surface area contributed by atoms with Crippen molar-refractivity contribution in [2.24, 2.45) is 5.73 Å². The Bertz CT molecular complexity index is 2210. The number of sulfone groups is 1. The minimum atomic E-state index is -4.59. The maximum absolute atomic E-state index is 14.3. The Kier molecular flexibility index (Phi) is 17.3. The SMILES string of the molecule is Cc1ccc(S(=O)(=O)NCCCC[C@@](N)(C(=O)N[C@@H](Cc2ccccc2)C(=O)N[C@H](C=O)CCCCNC(=O)OCc2ccccc2)S(=O)(=O)c2ccc(C)cc2)cc1. The quantitative estimate of drug-likeness (QED) is 0.0524. The Morgan fingerprint density at radius 2 is 1.27 bits per heavy atom. The summed E-state index contributed by atoms with van der Waals surface area (Å²) >= 11 is 0. The smallest absolute Gasteiger partial charge is 0.407 e. The summed E-state index contributed by atoms with van der Waals surface area (Å²) in [6.45, 7) is 3.94. The Balaban J connectivity index is 1.43. The Morgan fingerprint density at radius 1 is 0.712 bits per heavy atom. The van der Waals surface area contributed by atoms with Gasteiger partial charge in [0.05, 0.1) is 15.8 Å². The van der Waals surface area contributed by atoms with E-state index in [1.807, 2.05) is 37.3 Å². The van der Waals surface area contributed by atoms with Gasteiger partial charge in [-0.2, -0.15) is 0 Å². The average molecular weight is 848 g/mol. The van der Waals surface area contributed by atoms with Crippen LogP contribution in [0, 0.1) is 13.8 Å². The van der Waals surface area contributed by atoms with Gasteiger partial charge in [-0.15, -0.1) is 0 Å². The van der Waals surface area contributed by atoms with Gasteiger partial charge in [0.1, 0.15) is 18.9 Å². The van der Waals surface area contributed by atoms with Gasteiger partial charge in [0.25, 0.3) is 5.91 Å². The second-order valence-electron chi connectivity index (χ2n) is 14.3. The third-order valence-electron chi connectivity index (χ3n) is 9.61. The standard InChI is InChI=1S/C43H53N5O9S2/c1-32-18-22-37(23-19-32)58(53,54)43(44,26-10-12-28-46-59(55,56)38-24-20-33(2)21-25-38)41(51)48-39(29-34-13-5-3-6-14-34)40(50)47-36(30-49)17-9-11-27-45-42(52)57-31-35-15-7-4-8-16-35/h3-8,13-16,18-25,30,36,39,46H,9-12,17,26-29,31,44H2,1-2H3,(H,45,52)(H,47,50)(H,48,51)/t36-,39-,43-/m0/s1. The molecule has 0 unspecified atom stereocenters. The number of aryl methyl sites for hydroxylation is 2. The lowest BCUT2D eigenvalue weighted by molar-refractivity contribution is -0.131. The van der Waals surface area contributed by atoms with Crippen molar-refractivity contribution in [2.75, 3.05) is 13.1 Å². The Labute approximate surface area is 346 Å². The van der Waals surface area contributed by atoms with Crippen LogP contribution in [0.3, 0.4) is 0 Å². The molecule has 3 amide bonds. The third kappa shape index (κ3) is 13.8. The van der Waals surface area contributed by atoms with E-state index in [1.54, 1.807) is 61.5 Å². The van der Waals surface area contributed by atoms with Gasteiger partial charge in [0.15, 0.2) is 0 Å². The highest BCUT2D eigenvalue weighted by atomic mass is 32.2. The highest BCUT2D eigenvalue weighted by Crippen LogP contribution is 2.28. The van der Waals surface area contributed by atoms with Crippen LogP contribution >= 0.6 is 0 Å². The number of alkyl carbamates (subject to hydrolysis) is 1. The molecule has 4 aromatic carbocycles. The van der Waals surface area contributed by atoms with Gasteiger partial charge in [-0.05, 0) is 87.8 Å². The lowest BCUT2D eigenvalue weighted by atomic mass is 10.0. The maximum Gasteiger partial charge on any atom is 0.407 e. The fourth-order valence-corrected chi connectivity index (χ4v) is 8.77. The molecular weight excluding hydrogens is 795 g/mol. The van der Waals surface area contributed by atoms with Crippen LogP contribution < -0.4 is 26.4 Å². The minimum Gasteiger partial charge on any atom is -0.445 e. The average Bonchev–Trinajstić information content (AvgIpc) is 3.22. The molecule has 0 spiro atoms. The van der Waals surface area contributed by atoms with Gasteiger partial charge >= 0.3 is 6.09 Å². The lowest BCUT2D eigenvalue weighted by Gasteiger charge is -2.31. The first-order valence-corrected chi connectivity index (χ1v) is 22.3. The number of sulfonamides is 1. The van der Waals surface area contributed by atoms with Crippen LogP contribution in [-0.4, -0.2) is 71.1 Å². The van der Waals surface area contributed by atoms with E-state index in [9.17, 15) is 36.0 Å². The van der Waals surface area contributed by atoms with E-state index >= 15 is 0 Å². The van der Waals surface area contributed by atoms with Gasteiger partial charge in [0, 0.05) is 19.5 Å². The predicted octanol–water partition coefficient (Wildman–Crippen LogP) is 4.39. The van der Waals surface area contributed by atoms with E-state index in [2.05, 4.69) is 20.7 Å². The van der Waals surface area contributed by atoms with Crippen LogP contribution in [0.2, 0.25) is 0 Å². The molecule has 316 valence electrons. The molecule has 0 saturated heterocycles. The molecule has 4 aromatic rings. The fraction of sp³-hybridized carbons (Fsp3) is 0.349. The molecule has 59 heavy (non-hydrogen) atoms. The Morgan fingerprint density at radius 3 is 1.86 bits per heavy atom. The molecule has 0 aliphatic rings. The first kappa shape index (κ1) is 46.3. The summed E-state index contributed by atoms with van der Waals surface area (Å²) in [6.07, 6.45) is 0.823. The zero-order valence-corrected chi connectivity index (χ0v) is 34.9. The highest BCUT2D eigenvalue weighted by Gasteiger charge is 2.48. The van der Waals surface area contributed by atoms with Crippen molar-refractivity contribution in [1.82, 2.24) is 20.7 Å². The van der Waals surface area contributed by atoms with Crippen LogP contribution in [0.25, 0.3) is 0 Å². The molecular formula is C43H53N5O9S2.